The Bertz CT molecular complexity index is 845. The number of rotatable bonds is 8. The zero-order valence-corrected chi connectivity index (χ0v) is 18.6. The van der Waals surface area contributed by atoms with E-state index in [0.717, 1.165) is 67.0 Å². The third kappa shape index (κ3) is 4.78. The van der Waals surface area contributed by atoms with Crippen molar-refractivity contribution >= 4 is 16.9 Å². The predicted octanol–water partition coefficient (Wildman–Crippen LogP) is 3.35. The van der Waals surface area contributed by atoms with Crippen LogP contribution in [0.2, 0.25) is 0 Å². The average molecular weight is 414 g/mol. The molecule has 0 amide bonds. The van der Waals surface area contributed by atoms with Crippen molar-refractivity contribution in [2.45, 2.75) is 38.0 Å². The lowest BCUT2D eigenvalue weighted by Gasteiger charge is -2.29. The second-order valence-corrected chi connectivity index (χ2v) is 8.53. The molecule has 1 aromatic carbocycles. The number of methoxy groups -OCH3 is 1. The summed E-state index contributed by atoms with van der Waals surface area (Å²) < 4.78 is 11.8. The van der Waals surface area contributed by atoms with Gasteiger partial charge in [-0.3, -0.25) is 0 Å². The van der Waals surface area contributed by atoms with Gasteiger partial charge in [0.2, 0.25) is 5.95 Å². The van der Waals surface area contributed by atoms with Crippen molar-refractivity contribution in [2.75, 3.05) is 65.9 Å². The fraction of sp³-hybridized carbons (Fsp3) is 0.652. The molecule has 0 aliphatic carbocycles. The van der Waals surface area contributed by atoms with Gasteiger partial charge in [-0.1, -0.05) is 0 Å². The molecule has 3 heterocycles. The number of benzene rings is 1. The van der Waals surface area contributed by atoms with E-state index in [9.17, 15) is 0 Å². The van der Waals surface area contributed by atoms with Crippen molar-refractivity contribution in [1.29, 1.82) is 0 Å². The van der Waals surface area contributed by atoms with Gasteiger partial charge >= 0.3 is 0 Å². The number of hydrogen-bond donors (Lipinski definition) is 1. The Morgan fingerprint density at radius 3 is 2.53 bits per heavy atom. The maximum Gasteiger partial charge on any atom is 0.223 e. The quantitative estimate of drug-likeness (QED) is 0.666. The lowest BCUT2D eigenvalue weighted by molar-refractivity contribution is 0.253. The second-order valence-electron chi connectivity index (χ2n) is 8.53. The lowest BCUT2D eigenvalue weighted by atomic mass is 9.91. The predicted molar refractivity (Wildman–Crippen MR) is 121 cm³/mol. The molecule has 7 heteroatoms. The number of ether oxygens (including phenoxy) is 2. The van der Waals surface area contributed by atoms with Crippen LogP contribution in [-0.4, -0.2) is 80.3 Å². The summed E-state index contributed by atoms with van der Waals surface area (Å²) in [6.07, 6.45) is 5.90. The van der Waals surface area contributed by atoms with Crippen LogP contribution in [0.1, 0.15) is 43.7 Å². The van der Waals surface area contributed by atoms with Gasteiger partial charge in [0.05, 0.1) is 24.9 Å². The zero-order valence-electron chi connectivity index (χ0n) is 18.6. The minimum absolute atomic E-state index is 0.440. The van der Waals surface area contributed by atoms with Crippen LogP contribution in [0.15, 0.2) is 12.1 Å². The molecule has 4 rings (SSSR count). The summed E-state index contributed by atoms with van der Waals surface area (Å²) in [6, 6.07) is 4.09. The molecule has 2 aromatic rings. The summed E-state index contributed by atoms with van der Waals surface area (Å²) >= 11 is 0. The standard InChI is InChI=1S/C23H35N5O2/c1-24-23-25-19-16-21(30-14-6-11-28-9-4-5-10-28)20(29-3)15-18(19)22(26-23)17-7-12-27(2)13-8-17/h15-17H,4-14H2,1-3H3,(H,24,25,26). The Morgan fingerprint density at radius 1 is 1.07 bits per heavy atom. The van der Waals surface area contributed by atoms with Gasteiger partial charge in [-0.15, -0.1) is 0 Å². The molecule has 0 radical (unpaired) electrons. The normalized spacial score (nSPS) is 18.8. The van der Waals surface area contributed by atoms with Crippen molar-refractivity contribution in [1.82, 2.24) is 19.8 Å². The monoisotopic (exact) mass is 413 g/mol. The van der Waals surface area contributed by atoms with E-state index in [1.54, 1.807) is 7.11 Å². The largest absolute Gasteiger partial charge is 0.493 e. The summed E-state index contributed by atoms with van der Waals surface area (Å²) in [5, 5.41) is 4.20. The molecular formula is C23H35N5O2. The highest BCUT2D eigenvalue weighted by Gasteiger charge is 2.24. The summed E-state index contributed by atoms with van der Waals surface area (Å²) in [5.41, 5.74) is 2.04. The van der Waals surface area contributed by atoms with Crippen molar-refractivity contribution in [2.24, 2.45) is 0 Å². The molecule has 30 heavy (non-hydrogen) atoms. The molecule has 0 bridgehead atoms. The van der Waals surface area contributed by atoms with Gasteiger partial charge in [0, 0.05) is 31.0 Å². The Kier molecular flexibility index (Phi) is 6.89. The van der Waals surface area contributed by atoms with Crippen molar-refractivity contribution in [3.63, 3.8) is 0 Å². The number of anilines is 1. The first kappa shape index (κ1) is 21.1. The van der Waals surface area contributed by atoms with E-state index >= 15 is 0 Å². The van der Waals surface area contributed by atoms with Crippen LogP contribution < -0.4 is 14.8 Å². The van der Waals surface area contributed by atoms with Gasteiger partial charge in [-0.05, 0) is 71.4 Å². The molecule has 7 nitrogen and oxygen atoms in total. The molecule has 0 atom stereocenters. The molecule has 1 aromatic heterocycles. The van der Waals surface area contributed by atoms with Gasteiger partial charge in [0.25, 0.3) is 0 Å². The van der Waals surface area contributed by atoms with E-state index in [-0.39, 0.29) is 0 Å². The SMILES string of the molecule is CNc1nc(C2CCN(C)CC2)c2cc(OC)c(OCCCN3CCCC3)cc2n1. The van der Waals surface area contributed by atoms with Gasteiger partial charge in [-0.25, -0.2) is 9.97 Å². The molecular weight excluding hydrogens is 378 g/mol. The molecule has 2 fully saturated rings. The van der Waals surface area contributed by atoms with Crippen molar-refractivity contribution in [3.8, 4) is 11.5 Å². The van der Waals surface area contributed by atoms with Crippen LogP contribution in [0.4, 0.5) is 5.95 Å². The highest BCUT2D eigenvalue weighted by Crippen LogP contribution is 2.37. The van der Waals surface area contributed by atoms with E-state index < -0.39 is 0 Å². The topological polar surface area (TPSA) is 62.8 Å². The van der Waals surface area contributed by atoms with Crippen LogP contribution in [-0.2, 0) is 0 Å². The minimum Gasteiger partial charge on any atom is -0.493 e. The number of piperidine rings is 1. The minimum atomic E-state index is 0.440. The van der Waals surface area contributed by atoms with Crippen molar-refractivity contribution in [3.05, 3.63) is 17.8 Å². The van der Waals surface area contributed by atoms with Crippen LogP contribution in [0.3, 0.4) is 0 Å². The Morgan fingerprint density at radius 2 is 1.83 bits per heavy atom. The van der Waals surface area contributed by atoms with E-state index in [1.807, 2.05) is 13.1 Å². The molecule has 164 valence electrons. The first-order valence-corrected chi connectivity index (χ1v) is 11.3. The first-order chi connectivity index (χ1) is 14.7. The van der Waals surface area contributed by atoms with Crippen LogP contribution in [0.25, 0.3) is 10.9 Å². The van der Waals surface area contributed by atoms with Gasteiger partial charge in [0.1, 0.15) is 0 Å². The fourth-order valence-electron chi connectivity index (χ4n) is 4.61. The molecule has 2 aliphatic rings. The van der Waals surface area contributed by atoms with E-state index in [0.29, 0.717) is 18.5 Å². The van der Waals surface area contributed by atoms with Crippen LogP contribution in [0.5, 0.6) is 11.5 Å². The molecule has 0 spiro atoms. The number of hydrogen-bond acceptors (Lipinski definition) is 7. The van der Waals surface area contributed by atoms with Crippen LogP contribution in [0, 0.1) is 0 Å². The maximum atomic E-state index is 6.13. The Balaban J connectivity index is 1.56. The summed E-state index contributed by atoms with van der Waals surface area (Å²) in [7, 11) is 5.76. The molecule has 2 saturated heterocycles. The smallest absolute Gasteiger partial charge is 0.223 e. The number of nitrogens with one attached hydrogen (secondary N) is 1. The Hall–Kier alpha value is -2.12. The van der Waals surface area contributed by atoms with E-state index in [2.05, 4.69) is 28.2 Å². The van der Waals surface area contributed by atoms with Crippen molar-refractivity contribution < 1.29 is 9.47 Å². The molecule has 1 N–H and O–H groups in total. The summed E-state index contributed by atoms with van der Waals surface area (Å²) in [4.78, 5) is 14.5. The third-order valence-electron chi connectivity index (χ3n) is 6.41. The maximum absolute atomic E-state index is 6.13. The molecule has 0 saturated carbocycles. The Labute approximate surface area is 179 Å². The number of aromatic nitrogens is 2. The average Bonchev–Trinajstić information content (AvgIpc) is 3.29. The number of nitrogens with zero attached hydrogens (tertiary/aromatic N) is 4. The van der Waals surface area contributed by atoms with E-state index in [4.69, 9.17) is 19.4 Å². The molecule has 0 unspecified atom stereocenters. The lowest BCUT2D eigenvalue weighted by Crippen LogP contribution is -2.29. The highest BCUT2D eigenvalue weighted by molar-refractivity contribution is 5.86. The molecule has 2 aliphatic heterocycles. The zero-order chi connectivity index (χ0) is 20.9. The third-order valence-corrected chi connectivity index (χ3v) is 6.41. The van der Waals surface area contributed by atoms with Gasteiger partial charge in [-0.2, -0.15) is 0 Å². The number of fused-ring (bicyclic) bond motifs is 1. The first-order valence-electron chi connectivity index (χ1n) is 11.3. The highest BCUT2D eigenvalue weighted by atomic mass is 16.5. The fourth-order valence-corrected chi connectivity index (χ4v) is 4.61. The second kappa shape index (κ2) is 9.79. The van der Waals surface area contributed by atoms with Gasteiger partial charge < -0.3 is 24.6 Å². The summed E-state index contributed by atoms with van der Waals surface area (Å²) in [6.45, 7) is 6.43. The van der Waals surface area contributed by atoms with Crippen LogP contribution >= 0.6 is 0 Å². The van der Waals surface area contributed by atoms with Gasteiger partial charge in [0.15, 0.2) is 11.5 Å². The number of likely N-dealkylation sites (tertiary alicyclic amines) is 2. The van der Waals surface area contributed by atoms with E-state index in [1.165, 1.54) is 25.9 Å². The summed E-state index contributed by atoms with van der Waals surface area (Å²) in [5.74, 6) is 2.64.